The van der Waals surface area contributed by atoms with Crippen molar-refractivity contribution in [3.63, 3.8) is 0 Å². The third-order valence-corrected chi connectivity index (χ3v) is 1.72. The van der Waals surface area contributed by atoms with Crippen molar-refractivity contribution in [1.29, 1.82) is 0 Å². The maximum Gasteiger partial charge on any atom is 0.146 e. The standard InChI is InChI=1S/C10H11F2NO/c1-7(14)4-5-13-10-6-8(11)2-3-9(10)12/h2-3,6,13H,4-5H2,1H3. The Morgan fingerprint density at radius 3 is 2.79 bits per heavy atom. The van der Waals surface area contributed by atoms with Crippen LogP contribution in [-0.4, -0.2) is 12.3 Å². The minimum absolute atomic E-state index is 0.00862. The average molecular weight is 199 g/mol. The molecule has 0 unspecified atom stereocenters. The van der Waals surface area contributed by atoms with E-state index >= 15 is 0 Å². The van der Waals surface area contributed by atoms with Gasteiger partial charge in [0.05, 0.1) is 5.69 Å². The van der Waals surface area contributed by atoms with Gasteiger partial charge in [0.15, 0.2) is 0 Å². The molecule has 0 fully saturated rings. The Hall–Kier alpha value is -1.45. The Balaban J connectivity index is 2.57. The molecular weight excluding hydrogens is 188 g/mol. The number of rotatable bonds is 4. The summed E-state index contributed by atoms with van der Waals surface area (Å²) in [4.78, 5) is 10.6. The molecule has 0 saturated heterocycles. The van der Waals surface area contributed by atoms with Crippen LogP contribution in [0.1, 0.15) is 13.3 Å². The van der Waals surface area contributed by atoms with Crippen molar-refractivity contribution < 1.29 is 13.6 Å². The second kappa shape index (κ2) is 4.69. The van der Waals surface area contributed by atoms with Crippen LogP contribution < -0.4 is 5.32 Å². The van der Waals surface area contributed by atoms with Crippen LogP contribution in [0.4, 0.5) is 14.5 Å². The number of anilines is 1. The van der Waals surface area contributed by atoms with Crippen molar-refractivity contribution in [1.82, 2.24) is 0 Å². The highest BCUT2D eigenvalue weighted by Crippen LogP contribution is 2.14. The summed E-state index contributed by atoms with van der Waals surface area (Å²) in [6, 6.07) is 3.16. The van der Waals surface area contributed by atoms with Gasteiger partial charge in [-0.3, -0.25) is 4.79 Å². The molecule has 1 rings (SSSR count). The predicted octanol–water partition coefficient (Wildman–Crippen LogP) is 2.36. The second-order valence-corrected chi connectivity index (χ2v) is 3.00. The quantitative estimate of drug-likeness (QED) is 0.806. The fraction of sp³-hybridized carbons (Fsp3) is 0.300. The van der Waals surface area contributed by atoms with Gasteiger partial charge in [-0.15, -0.1) is 0 Å². The molecule has 1 aromatic rings. The fourth-order valence-corrected chi connectivity index (χ4v) is 1.01. The van der Waals surface area contributed by atoms with Gasteiger partial charge >= 0.3 is 0 Å². The van der Waals surface area contributed by atoms with Gasteiger partial charge in [-0.25, -0.2) is 8.78 Å². The van der Waals surface area contributed by atoms with Crippen molar-refractivity contribution in [2.45, 2.75) is 13.3 Å². The first-order valence-corrected chi connectivity index (χ1v) is 4.28. The highest BCUT2D eigenvalue weighted by Gasteiger charge is 2.02. The van der Waals surface area contributed by atoms with Gasteiger partial charge in [0.2, 0.25) is 0 Å². The molecule has 0 atom stereocenters. The molecule has 0 heterocycles. The highest BCUT2D eigenvalue weighted by atomic mass is 19.1. The first-order valence-electron chi connectivity index (χ1n) is 4.28. The number of ketones is 1. The zero-order chi connectivity index (χ0) is 10.6. The molecular formula is C10H11F2NO. The van der Waals surface area contributed by atoms with E-state index in [0.29, 0.717) is 13.0 Å². The number of Topliss-reactive ketones (excluding diaryl/α,β-unsaturated/α-hetero) is 1. The molecule has 0 bridgehead atoms. The Kier molecular flexibility index (Phi) is 3.56. The molecule has 0 spiro atoms. The number of halogens is 2. The van der Waals surface area contributed by atoms with E-state index in [2.05, 4.69) is 5.32 Å². The zero-order valence-corrected chi connectivity index (χ0v) is 7.81. The lowest BCUT2D eigenvalue weighted by atomic mass is 10.2. The van der Waals surface area contributed by atoms with Crippen LogP contribution in [0.3, 0.4) is 0 Å². The molecule has 14 heavy (non-hydrogen) atoms. The molecule has 0 radical (unpaired) electrons. The SMILES string of the molecule is CC(=O)CCNc1cc(F)ccc1F. The normalized spacial score (nSPS) is 9.93. The Labute approximate surface area is 80.9 Å². The Bertz CT molecular complexity index is 339. The van der Waals surface area contributed by atoms with Gasteiger partial charge in [0.25, 0.3) is 0 Å². The Morgan fingerprint density at radius 2 is 2.14 bits per heavy atom. The van der Waals surface area contributed by atoms with Crippen molar-refractivity contribution in [2.75, 3.05) is 11.9 Å². The van der Waals surface area contributed by atoms with Crippen molar-refractivity contribution >= 4 is 11.5 Å². The van der Waals surface area contributed by atoms with E-state index in [0.717, 1.165) is 18.2 Å². The minimum atomic E-state index is -0.519. The molecule has 1 aromatic carbocycles. The molecule has 0 aromatic heterocycles. The van der Waals surface area contributed by atoms with E-state index in [1.165, 1.54) is 6.92 Å². The first kappa shape index (κ1) is 10.6. The third-order valence-electron chi connectivity index (χ3n) is 1.72. The lowest BCUT2D eigenvalue weighted by molar-refractivity contribution is -0.116. The number of carbonyl (C=O) groups excluding carboxylic acids is 1. The summed E-state index contributed by atoms with van der Waals surface area (Å²) in [6.45, 7) is 1.76. The lowest BCUT2D eigenvalue weighted by Crippen LogP contribution is -2.07. The van der Waals surface area contributed by atoms with Crippen molar-refractivity contribution in [3.05, 3.63) is 29.8 Å². The molecule has 0 saturated carbocycles. The molecule has 0 aliphatic heterocycles. The largest absolute Gasteiger partial charge is 0.382 e. The van der Waals surface area contributed by atoms with Crippen LogP contribution in [0.15, 0.2) is 18.2 Å². The molecule has 1 N–H and O–H groups in total. The summed E-state index contributed by atoms with van der Waals surface area (Å²) in [7, 11) is 0. The maximum atomic E-state index is 13.0. The number of carbonyl (C=O) groups is 1. The van der Waals surface area contributed by atoms with Crippen molar-refractivity contribution in [2.24, 2.45) is 0 Å². The summed E-state index contributed by atoms with van der Waals surface area (Å²) in [5.41, 5.74) is 0.0891. The summed E-state index contributed by atoms with van der Waals surface area (Å²) >= 11 is 0. The lowest BCUT2D eigenvalue weighted by Gasteiger charge is -2.05. The number of hydrogen-bond acceptors (Lipinski definition) is 2. The fourth-order valence-electron chi connectivity index (χ4n) is 1.01. The van der Waals surface area contributed by atoms with Crippen LogP contribution in [0.2, 0.25) is 0 Å². The molecule has 0 amide bonds. The number of hydrogen-bond donors (Lipinski definition) is 1. The van der Waals surface area contributed by atoms with Crippen LogP contribution in [0, 0.1) is 11.6 Å². The summed E-state index contributed by atoms with van der Waals surface area (Å²) in [6.07, 6.45) is 0.302. The zero-order valence-electron chi connectivity index (χ0n) is 7.81. The van der Waals surface area contributed by atoms with Crippen LogP contribution in [-0.2, 0) is 4.79 Å². The van der Waals surface area contributed by atoms with Gasteiger partial charge < -0.3 is 5.32 Å². The van der Waals surface area contributed by atoms with E-state index in [9.17, 15) is 13.6 Å². The number of nitrogens with one attached hydrogen (secondary N) is 1. The predicted molar refractivity (Wildman–Crippen MR) is 50.1 cm³/mol. The summed E-state index contributed by atoms with van der Waals surface area (Å²) in [5.74, 6) is -1.01. The van der Waals surface area contributed by atoms with Crippen molar-refractivity contribution in [3.8, 4) is 0 Å². The number of benzene rings is 1. The average Bonchev–Trinajstić information content (AvgIpc) is 2.10. The first-order chi connectivity index (χ1) is 6.59. The molecule has 0 aliphatic carbocycles. The summed E-state index contributed by atoms with van der Waals surface area (Å²) < 4.78 is 25.6. The van der Waals surface area contributed by atoms with Gasteiger partial charge in [-0.2, -0.15) is 0 Å². The van der Waals surface area contributed by atoms with Crippen LogP contribution in [0.5, 0.6) is 0 Å². The van der Waals surface area contributed by atoms with E-state index in [-0.39, 0.29) is 11.5 Å². The van der Waals surface area contributed by atoms with E-state index < -0.39 is 11.6 Å². The van der Waals surface area contributed by atoms with Gasteiger partial charge in [0.1, 0.15) is 17.4 Å². The van der Waals surface area contributed by atoms with Gasteiger partial charge in [-0.05, 0) is 25.1 Å². The van der Waals surface area contributed by atoms with Crippen LogP contribution >= 0.6 is 0 Å². The topological polar surface area (TPSA) is 29.1 Å². The Morgan fingerprint density at radius 1 is 1.43 bits per heavy atom. The van der Waals surface area contributed by atoms with Crippen LogP contribution in [0.25, 0.3) is 0 Å². The van der Waals surface area contributed by atoms with E-state index in [1.54, 1.807) is 0 Å². The molecule has 76 valence electrons. The van der Waals surface area contributed by atoms with Gasteiger partial charge in [-0.1, -0.05) is 0 Å². The smallest absolute Gasteiger partial charge is 0.146 e. The molecule has 4 heteroatoms. The minimum Gasteiger partial charge on any atom is -0.382 e. The second-order valence-electron chi connectivity index (χ2n) is 3.00. The monoisotopic (exact) mass is 199 g/mol. The molecule has 2 nitrogen and oxygen atoms in total. The van der Waals surface area contributed by atoms with E-state index in [1.807, 2.05) is 0 Å². The van der Waals surface area contributed by atoms with Gasteiger partial charge in [0, 0.05) is 13.0 Å². The summed E-state index contributed by atoms with van der Waals surface area (Å²) in [5, 5.41) is 2.65. The van der Waals surface area contributed by atoms with E-state index in [4.69, 9.17) is 0 Å². The maximum absolute atomic E-state index is 13.0. The third kappa shape index (κ3) is 3.12. The molecule has 0 aliphatic rings. The highest BCUT2D eigenvalue weighted by molar-refractivity contribution is 5.76.